The van der Waals surface area contributed by atoms with Crippen LogP contribution in [0.5, 0.6) is 0 Å². The Hall–Kier alpha value is -1.18. The smallest absolute Gasteiger partial charge is 0.111 e. The van der Waals surface area contributed by atoms with E-state index in [1.807, 2.05) is 31.9 Å². The molecule has 0 rings (SSSR count). The van der Waals surface area contributed by atoms with Crippen molar-refractivity contribution >= 4 is 0 Å². The number of nitrogens with zero attached hydrogens (tertiary/aromatic N) is 1. The van der Waals surface area contributed by atoms with Gasteiger partial charge >= 0.3 is 0 Å². The molecular weight excluding hydrogens is 174 g/mol. The van der Waals surface area contributed by atoms with Gasteiger partial charge in [-0.05, 0) is 19.1 Å². The molecule has 0 saturated heterocycles. The van der Waals surface area contributed by atoms with Gasteiger partial charge in [0.1, 0.15) is 5.76 Å². The van der Waals surface area contributed by atoms with Crippen molar-refractivity contribution in [3.05, 3.63) is 36.8 Å². The molecule has 0 heterocycles. The largest absolute Gasteiger partial charge is 0.497 e. The van der Waals surface area contributed by atoms with Gasteiger partial charge in [0.2, 0.25) is 0 Å². The molecule has 0 aromatic rings. The van der Waals surface area contributed by atoms with Crippen LogP contribution in [0.4, 0.5) is 0 Å². The SMILES string of the molecule is C=C(/C=C\C(=C)N(C)CC)OC.CC. The first kappa shape index (κ1) is 15.3. The summed E-state index contributed by atoms with van der Waals surface area (Å²) in [6.45, 7) is 14.6. The van der Waals surface area contributed by atoms with Crippen LogP contribution >= 0.6 is 0 Å². The van der Waals surface area contributed by atoms with Gasteiger partial charge in [-0.25, -0.2) is 0 Å². The van der Waals surface area contributed by atoms with E-state index in [0.29, 0.717) is 5.76 Å². The van der Waals surface area contributed by atoms with E-state index in [0.717, 1.165) is 12.2 Å². The van der Waals surface area contributed by atoms with Crippen LogP contribution in [0.2, 0.25) is 0 Å². The van der Waals surface area contributed by atoms with Crippen LogP contribution in [0, 0.1) is 0 Å². The van der Waals surface area contributed by atoms with E-state index in [4.69, 9.17) is 4.74 Å². The van der Waals surface area contributed by atoms with Crippen LogP contribution in [0.25, 0.3) is 0 Å². The number of hydrogen-bond donors (Lipinski definition) is 0. The standard InChI is InChI=1S/C10H17NO.C2H6/c1-6-11(4)9(2)7-8-10(3)12-5;1-2/h7-8H,2-3,6H2,1,4-5H3;1-2H3/b8-7-;. The Morgan fingerprint density at radius 3 is 2.14 bits per heavy atom. The summed E-state index contributed by atoms with van der Waals surface area (Å²) in [6.07, 6.45) is 3.68. The van der Waals surface area contributed by atoms with E-state index >= 15 is 0 Å². The highest BCUT2D eigenvalue weighted by molar-refractivity contribution is 5.19. The fourth-order valence-corrected chi connectivity index (χ4v) is 0.588. The number of methoxy groups -OCH3 is 1. The average molecular weight is 197 g/mol. The van der Waals surface area contributed by atoms with E-state index in [9.17, 15) is 0 Å². The fourth-order valence-electron chi connectivity index (χ4n) is 0.588. The third-order valence-electron chi connectivity index (χ3n) is 1.69. The van der Waals surface area contributed by atoms with Crippen LogP contribution in [-0.4, -0.2) is 25.6 Å². The first-order chi connectivity index (χ1) is 6.61. The molecule has 0 amide bonds. The molecule has 0 aliphatic heterocycles. The van der Waals surface area contributed by atoms with Crippen molar-refractivity contribution in [2.45, 2.75) is 20.8 Å². The van der Waals surface area contributed by atoms with Crippen molar-refractivity contribution in [1.82, 2.24) is 4.90 Å². The number of ether oxygens (including phenoxy) is 1. The summed E-state index contributed by atoms with van der Waals surface area (Å²) >= 11 is 0. The Morgan fingerprint density at radius 1 is 1.29 bits per heavy atom. The van der Waals surface area contributed by atoms with Crippen molar-refractivity contribution in [3.8, 4) is 0 Å². The van der Waals surface area contributed by atoms with Crippen LogP contribution in [-0.2, 0) is 4.74 Å². The monoisotopic (exact) mass is 197 g/mol. The summed E-state index contributed by atoms with van der Waals surface area (Å²) in [5.41, 5.74) is 0.954. The molecule has 82 valence electrons. The normalized spacial score (nSPS) is 8.93. The van der Waals surface area contributed by atoms with Crippen molar-refractivity contribution in [1.29, 1.82) is 0 Å². The Labute approximate surface area is 88.6 Å². The summed E-state index contributed by atoms with van der Waals surface area (Å²) in [4.78, 5) is 2.04. The third-order valence-corrected chi connectivity index (χ3v) is 1.69. The Balaban J connectivity index is 0. The molecule has 14 heavy (non-hydrogen) atoms. The maximum Gasteiger partial charge on any atom is 0.111 e. The molecular formula is C12H23NO. The van der Waals surface area contributed by atoms with Crippen LogP contribution in [0.3, 0.4) is 0 Å². The van der Waals surface area contributed by atoms with Gasteiger partial charge in [-0.15, -0.1) is 0 Å². The van der Waals surface area contributed by atoms with Gasteiger partial charge in [-0.2, -0.15) is 0 Å². The predicted molar refractivity (Wildman–Crippen MR) is 64.1 cm³/mol. The molecule has 2 nitrogen and oxygen atoms in total. The Kier molecular flexibility index (Phi) is 10.8. The van der Waals surface area contributed by atoms with E-state index in [-0.39, 0.29) is 0 Å². The molecule has 0 atom stereocenters. The van der Waals surface area contributed by atoms with Crippen molar-refractivity contribution in [3.63, 3.8) is 0 Å². The minimum atomic E-state index is 0.639. The zero-order valence-corrected chi connectivity index (χ0v) is 10.1. The van der Waals surface area contributed by atoms with Gasteiger partial charge < -0.3 is 9.64 Å². The molecule has 0 aliphatic rings. The molecule has 0 bridgehead atoms. The average Bonchev–Trinajstić information content (AvgIpc) is 2.26. The lowest BCUT2D eigenvalue weighted by Gasteiger charge is -2.16. The second-order valence-electron chi connectivity index (χ2n) is 2.51. The number of likely N-dealkylation sites (N-methyl/N-ethyl adjacent to an activating group) is 1. The summed E-state index contributed by atoms with van der Waals surface area (Å²) in [5.74, 6) is 0.639. The molecule has 0 aliphatic carbocycles. The van der Waals surface area contributed by atoms with Gasteiger partial charge in [-0.1, -0.05) is 27.0 Å². The Bertz CT molecular complexity index is 194. The zero-order valence-electron chi connectivity index (χ0n) is 10.1. The van der Waals surface area contributed by atoms with E-state index in [1.54, 1.807) is 13.2 Å². The van der Waals surface area contributed by atoms with Gasteiger partial charge in [0.15, 0.2) is 0 Å². The van der Waals surface area contributed by atoms with E-state index in [1.165, 1.54) is 0 Å². The lowest BCUT2D eigenvalue weighted by Crippen LogP contribution is -2.14. The molecule has 0 saturated carbocycles. The topological polar surface area (TPSA) is 12.5 Å². The first-order valence-electron chi connectivity index (χ1n) is 4.92. The first-order valence-corrected chi connectivity index (χ1v) is 4.92. The summed E-state index contributed by atoms with van der Waals surface area (Å²) in [6, 6.07) is 0. The van der Waals surface area contributed by atoms with Crippen molar-refractivity contribution in [2.24, 2.45) is 0 Å². The molecule has 0 radical (unpaired) electrons. The quantitative estimate of drug-likeness (QED) is 0.496. The summed E-state index contributed by atoms with van der Waals surface area (Å²) in [7, 11) is 3.58. The van der Waals surface area contributed by atoms with Gasteiger partial charge in [0, 0.05) is 19.3 Å². The van der Waals surface area contributed by atoms with E-state index < -0.39 is 0 Å². The minimum absolute atomic E-state index is 0.639. The lowest BCUT2D eigenvalue weighted by atomic mass is 10.3. The molecule has 0 aromatic heterocycles. The van der Waals surface area contributed by atoms with Crippen LogP contribution in [0.1, 0.15) is 20.8 Å². The van der Waals surface area contributed by atoms with Crippen molar-refractivity contribution < 1.29 is 4.74 Å². The van der Waals surface area contributed by atoms with Gasteiger partial charge in [0.25, 0.3) is 0 Å². The zero-order chi connectivity index (χ0) is 11.6. The maximum atomic E-state index is 4.87. The molecule has 0 unspecified atom stereocenters. The molecule has 2 heteroatoms. The van der Waals surface area contributed by atoms with Crippen LogP contribution < -0.4 is 0 Å². The Morgan fingerprint density at radius 2 is 1.79 bits per heavy atom. The van der Waals surface area contributed by atoms with Gasteiger partial charge in [0.05, 0.1) is 7.11 Å². The minimum Gasteiger partial charge on any atom is -0.497 e. The summed E-state index contributed by atoms with van der Waals surface area (Å²) in [5, 5.41) is 0. The highest BCUT2D eigenvalue weighted by Crippen LogP contribution is 2.02. The highest BCUT2D eigenvalue weighted by Gasteiger charge is 1.93. The molecule has 0 spiro atoms. The van der Waals surface area contributed by atoms with Crippen LogP contribution in [0.15, 0.2) is 36.8 Å². The highest BCUT2D eigenvalue weighted by atomic mass is 16.5. The molecule has 0 aromatic carbocycles. The number of rotatable bonds is 5. The predicted octanol–water partition coefficient (Wildman–Crippen LogP) is 3.19. The van der Waals surface area contributed by atoms with Gasteiger partial charge in [-0.3, -0.25) is 0 Å². The molecule has 0 fully saturated rings. The van der Waals surface area contributed by atoms with Crippen molar-refractivity contribution in [2.75, 3.05) is 20.7 Å². The number of hydrogen-bond acceptors (Lipinski definition) is 2. The second-order valence-corrected chi connectivity index (χ2v) is 2.51. The lowest BCUT2D eigenvalue weighted by molar-refractivity contribution is 0.308. The fraction of sp³-hybridized carbons (Fsp3) is 0.500. The molecule has 0 N–H and O–H groups in total. The third kappa shape index (κ3) is 7.47. The second kappa shape index (κ2) is 9.90. The van der Waals surface area contributed by atoms with E-state index in [2.05, 4.69) is 20.1 Å². The summed E-state index contributed by atoms with van der Waals surface area (Å²) < 4.78 is 4.87. The number of allylic oxidation sites excluding steroid dienone is 2. The maximum absolute atomic E-state index is 4.87.